The topological polar surface area (TPSA) is 65.6 Å². The van der Waals surface area contributed by atoms with Crippen molar-refractivity contribution in [2.45, 2.75) is 40.2 Å². The van der Waals surface area contributed by atoms with E-state index in [0.29, 0.717) is 17.4 Å². The lowest BCUT2D eigenvalue weighted by Gasteiger charge is -2.08. The molecule has 0 atom stereocenters. The predicted octanol–water partition coefficient (Wildman–Crippen LogP) is 1.66. The summed E-state index contributed by atoms with van der Waals surface area (Å²) in [6.07, 6.45) is 2.59. The Hall–Kier alpha value is -1.98. The summed E-state index contributed by atoms with van der Waals surface area (Å²) >= 11 is 0. The van der Waals surface area contributed by atoms with E-state index in [1.54, 1.807) is 16.4 Å². The van der Waals surface area contributed by atoms with Crippen molar-refractivity contribution in [1.82, 2.24) is 24.5 Å². The second-order valence-electron chi connectivity index (χ2n) is 5.35. The van der Waals surface area contributed by atoms with Crippen LogP contribution in [0.5, 0.6) is 0 Å². The Labute approximate surface area is 118 Å². The summed E-state index contributed by atoms with van der Waals surface area (Å²) in [5.41, 5.74) is 1.56. The number of aryl methyl sites for hydroxylation is 2. The van der Waals surface area contributed by atoms with Gasteiger partial charge < -0.3 is 0 Å². The first-order valence-corrected chi connectivity index (χ1v) is 6.94. The van der Waals surface area contributed by atoms with Crippen LogP contribution in [0.25, 0.3) is 0 Å². The van der Waals surface area contributed by atoms with Gasteiger partial charge in [-0.05, 0) is 18.4 Å². The quantitative estimate of drug-likeness (QED) is 0.752. The number of carbonyl (C=O) groups excluding carboxylic acids is 1. The molecular weight excluding hydrogens is 254 g/mol. The first-order chi connectivity index (χ1) is 9.51. The van der Waals surface area contributed by atoms with Crippen LogP contribution in [0.15, 0.2) is 12.4 Å². The number of Topliss-reactive ketones (excluding diaryl/α,β-unsaturated/α-hetero) is 1. The van der Waals surface area contributed by atoms with Gasteiger partial charge in [0.05, 0.1) is 12.1 Å². The maximum absolute atomic E-state index is 12.4. The van der Waals surface area contributed by atoms with E-state index in [-0.39, 0.29) is 12.2 Å². The van der Waals surface area contributed by atoms with Gasteiger partial charge in [0.25, 0.3) is 0 Å². The fraction of sp³-hybridized carbons (Fsp3) is 0.571. The van der Waals surface area contributed by atoms with Crippen LogP contribution in [-0.4, -0.2) is 30.3 Å². The Bertz CT molecular complexity index is 596. The zero-order valence-electron chi connectivity index (χ0n) is 12.5. The maximum Gasteiger partial charge on any atom is 0.188 e. The van der Waals surface area contributed by atoms with Crippen molar-refractivity contribution in [2.75, 3.05) is 0 Å². The van der Waals surface area contributed by atoms with Crippen LogP contribution in [-0.2, 0) is 26.4 Å². The number of ketones is 1. The molecule has 0 aliphatic heterocycles. The molecule has 0 spiro atoms. The summed E-state index contributed by atoms with van der Waals surface area (Å²) in [7, 11) is 1.80. The number of rotatable bonds is 6. The van der Waals surface area contributed by atoms with Gasteiger partial charge >= 0.3 is 0 Å². The molecule has 2 aromatic heterocycles. The molecule has 0 unspecified atom stereocenters. The SMILES string of the molecule is CCc1cc(C(=O)Cc2ncnn2CC(C)C)n(C)n1. The Morgan fingerprint density at radius 3 is 2.75 bits per heavy atom. The number of hydrogen-bond acceptors (Lipinski definition) is 4. The van der Waals surface area contributed by atoms with Crippen LogP contribution in [0.2, 0.25) is 0 Å². The van der Waals surface area contributed by atoms with Gasteiger partial charge in [-0.2, -0.15) is 10.2 Å². The molecule has 0 radical (unpaired) electrons. The van der Waals surface area contributed by atoms with Crippen molar-refractivity contribution < 1.29 is 4.79 Å². The van der Waals surface area contributed by atoms with Gasteiger partial charge in [-0.15, -0.1) is 0 Å². The van der Waals surface area contributed by atoms with Crippen molar-refractivity contribution in [2.24, 2.45) is 13.0 Å². The Morgan fingerprint density at radius 1 is 1.40 bits per heavy atom. The molecule has 0 saturated carbocycles. The van der Waals surface area contributed by atoms with E-state index in [2.05, 4.69) is 29.0 Å². The summed E-state index contributed by atoms with van der Waals surface area (Å²) in [5, 5.41) is 8.48. The summed E-state index contributed by atoms with van der Waals surface area (Å²) < 4.78 is 3.45. The van der Waals surface area contributed by atoms with E-state index in [9.17, 15) is 4.79 Å². The minimum atomic E-state index is 0.0257. The fourth-order valence-electron chi connectivity index (χ4n) is 2.12. The van der Waals surface area contributed by atoms with E-state index in [4.69, 9.17) is 0 Å². The van der Waals surface area contributed by atoms with Crippen molar-refractivity contribution >= 4 is 5.78 Å². The molecular formula is C14H21N5O. The lowest BCUT2D eigenvalue weighted by Crippen LogP contribution is -2.16. The Morgan fingerprint density at radius 2 is 2.15 bits per heavy atom. The fourth-order valence-corrected chi connectivity index (χ4v) is 2.12. The van der Waals surface area contributed by atoms with E-state index < -0.39 is 0 Å². The highest BCUT2D eigenvalue weighted by Crippen LogP contribution is 2.09. The first kappa shape index (κ1) is 14.4. The molecule has 2 rings (SSSR count). The van der Waals surface area contributed by atoms with Crippen molar-refractivity contribution in [3.8, 4) is 0 Å². The van der Waals surface area contributed by atoms with Crippen LogP contribution in [0.1, 0.15) is 42.8 Å². The molecule has 108 valence electrons. The minimum absolute atomic E-state index is 0.0257. The molecule has 6 heteroatoms. The van der Waals surface area contributed by atoms with Gasteiger partial charge in [-0.1, -0.05) is 20.8 Å². The molecule has 0 saturated heterocycles. The molecule has 0 aromatic carbocycles. The summed E-state index contributed by atoms with van der Waals surface area (Å²) in [6.45, 7) is 7.02. The Balaban J connectivity index is 2.15. The van der Waals surface area contributed by atoms with E-state index in [1.807, 2.05) is 13.0 Å². The highest BCUT2D eigenvalue weighted by molar-refractivity contribution is 5.95. The lowest BCUT2D eigenvalue weighted by atomic mass is 10.1. The summed E-state index contributed by atoms with van der Waals surface area (Å²) in [6, 6.07) is 1.85. The summed E-state index contributed by atoms with van der Waals surface area (Å²) in [5.74, 6) is 1.20. The normalized spacial score (nSPS) is 11.2. The largest absolute Gasteiger partial charge is 0.292 e. The lowest BCUT2D eigenvalue weighted by molar-refractivity contribution is 0.0980. The third-order valence-electron chi connectivity index (χ3n) is 3.13. The van der Waals surface area contributed by atoms with Gasteiger partial charge in [0.2, 0.25) is 0 Å². The van der Waals surface area contributed by atoms with Crippen LogP contribution in [0.3, 0.4) is 0 Å². The standard InChI is InChI=1S/C14H21N5O/c1-5-11-6-12(18(4)17-11)13(20)7-14-15-9-16-19(14)8-10(2)3/h6,9-10H,5,7-8H2,1-4H3. The van der Waals surface area contributed by atoms with Crippen molar-refractivity contribution in [3.63, 3.8) is 0 Å². The highest BCUT2D eigenvalue weighted by Gasteiger charge is 2.16. The van der Waals surface area contributed by atoms with E-state index in [1.165, 1.54) is 6.33 Å². The van der Waals surface area contributed by atoms with Gasteiger partial charge in [0, 0.05) is 13.6 Å². The molecule has 0 aliphatic carbocycles. The molecule has 0 amide bonds. The average molecular weight is 275 g/mol. The zero-order chi connectivity index (χ0) is 14.7. The molecule has 0 fully saturated rings. The molecule has 2 heterocycles. The van der Waals surface area contributed by atoms with Gasteiger partial charge in [0.15, 0.2) is 5.78 Å². The van der Waals surface area contributed by atoms with Gasteiger partial charge in [-0.3, -0.25) is 9.48 Å². The predicted molar refractivity (Wildman–Crippen MR) is 75.5 cm³/mol. The minimum Gasteiger partial charge on any atom is -0.292 e. The number of carbonyl (C=O) groups is 1. The smallest absolute Gasteiger partial charge is 0.188 e. The second kappa shape index (κ2) is 5.98. The molecule has 0 N–H and O–H groups in total. The zero-order valence-corrected chi connectivity index (χ0v) is 12.5. The average Bonchev–Trinajstić information content (AvgIpc) is 2.96. The molecule has 2 aromatic rings. The van der Waals surface area contributed by atoms with E-state index in [0.717, 1.165) is 18.7 Å². The monoisotopic (exact) mass is 275 g/mol. The third kappa shape index (κ3) is 3.12. The van der Waals surface area contributed by atoms with Gasteiger partial charge in [0.1, 0.15) is 17.8 Å². The van der Waals surface area contributed by atoms with Crippen LogP contribution in [0, 0.1) is 5.92 Å². The maximum atomic E-state index is 12.4. The molecule has 6 nitrogen and oxygen atoms in total. The van der Waals surface area contributed by atoms with Crippen LogP contribution >= 0.6 is 0 Å². The molecule has 0 aliphatic rings. The molecule has 0 bridgehead atoms. The molecule has 20 heavy (non-hydrogen) atoms. The van der Waals surface area contributed by atoms with Crippen LogP contribution in [0.4, 0.5) is 0 Å². The Kier molecular flexibility index (Phi) is 4.32. The number of nitrogens with zero attached hydrogens (tertiary/aromatic N) is 5. The second-order valence-corrected chi connectivity index (χ2v) is 5.35. The third-order valence-corrected chi connectivity index (χ3v) is 3.13. The highest BCUT2D eigenvalue weighted by atomic mass is 16.1. The van der Waals surface area contributed by atoms with Crippen LogP contribution < -0.4 is 0 Å². The number of aromatic nitrogens is 5. The van der Waals surface area contributed by atoms with Crippen molar-refractivity contribution in [1.29, 1.82) is 0 Å². The number of hydrogen-bond donors (Lipinski definition) is 0. The summed E-state index contributed by atoms with van der Waals surface area (Å²) in [4.78, 5) is 16.6. The van der Waals surface area contributed by atoms with E-state index >= 15 is 0 Å². The van der Waals surface area contributed by atoms with Gasteiger partial charge in [-0.25, -0.2) is 9.67 Å². The first-order valence-electron chi connectivity index (χ1n) is 6.94. The van der Waals surface area contributed by atoms with Crippen molar-refractivity contribution in [3.05, 3.63) is 29.6 Å².